The number of methoxy groups -OCH3 is 1. The molecule has 1 aromatic heterocycles. The third kappa shape index (κ3) is 3.87. The smallest absolute Gasteiger partial charge is 0.303 e. The minimum atomic E-state index is -3.88. The molecule has 2 atom stereocenters. The van der Waals surface area contributed by atoms with Crippen LogP contribution in [0.15, 0.2) is 36.4 Å². The van der Waals surface area contributed by atoms with Gasteiger partial charge in [-0.15, -0.1) is 0 Å². The molecular weight excluding hydrogens is 498 g/mol. The van der Waals surface area contributed by atoms with E-state index in [9.17, 15) is 13.2 Å². The summed E-state index contributed by atoms with van der Waals surface area (Å²) in [5.74, 6) is 1.65. The number of benzene rings is 2. The lowest BCUT2D eigenvalue weighted by molar-refractivity contribution is 0.0980. The molecule has 7 nitrogen and oxygen atoms in total. The molecule has 1 amide bonds. The maximum Gasteiger partial charge on any atom is 0.303 e. The maximum absolute atomic E-state index is 13.1. The molecule has 2 aromatic carbocycles. The predicted octanol–water partition coefficient (Wildman–Crippen LogP) is 5.65. The first-order valence-corrected chi connectivity index (χ1v) is 15.1. The van der Waals surface area contributed by atoms with Gasteiger partial charge in [0.05, 0.1) is 12.8 Å². The van der Waals surface area contributed by atoms with Gasteiger partial charge >= 0.3 is 10.2 Å². The molecule has 8 heteroatoms. The zero-order valence-electron chi connectivity index (χ0n) is 22.9. The Morgan fingerprint density at radius 2 is 1.82 bits per heavy atom. The second kappa shape index (κ2) is 8.85. The molecule has 0 saturated heterocycles. The Morgan fingerprint density at radius 3 is 2.50 bits per heavy atom. The van der Waals surface area contributed by atoms with Crippen LogP contribution in [0.3, 0.4) is 0 Å². The molecular formula is C30H37N3O4S. The number of hydrogen-bond donors (Lipinski definition) is 1. The Kier molecular flexibility index (Phi) is 5.92. The monoisotopic (exact) mass is 535 g/mol. The summed E-state index contributed by atoms with van der Waals surface area (Å²) >= 11 is 0. The number of carbonyl (C=O) groups is 1. The van der Waals surface area contributed by atoms with Crippen molar-refractivity contribution in [3.05, 3.63) is 53.1 Å². The largest absolute Gasteiger partial charge is 0.497 e. The van der Waals surface area contributed by atoms with Gasteiger partial charge in [0, 0.05) is 42.7 Å². The van der Waals surface area contributed by atoms with Crippen molar-refractivity contribution in [2.24, 2.45) is 11.3 Å². The summed E-state index contributed by atoms with van der Waals surface area (Å²) in [6.07, 6.45) is 6.07. The van der Waals surface area contributed by atoms with Crippen molar-refractivity contribution < 1.29 is 17.9 Å². The molecule has 2 saturated carbocycles. The van der Waals surface area contributed by atoms with Crippen LogP contribution in [0, 0.1) is 11.3 Å². The molecule has 0 spiro atoms. The highest BCUT2D eigenvalue weighted by atomic mass is 32.2. The Morgan fingerprint density at radius 1 is 1.08 bits per heavy atom. The molecule has 0 radical (unpaired) electrons. The predicted molar refractivity (Wildman–Crippen MR) is 150 cm³/mol. The summed E-state index contributed by atoms with van der Waals surface area (Å²) in [4.78, 5) is 13.1. The quantitative estimate of drug-likeness (QED) is 0.458. The van der Waals surface area contributed by atoms with E-state index in [0.29, 0.717) is 23.3 Å². The number of amides is 1. The lowest BCUT2D eigenvalue weighted by Crippen LogP contribution is -2.39. The lowest BCUT2D eigenvalue weighted by Gasteiger charge is -2.24. The van der Waals surface area contributed by atoms with E-state index in [0.717, 1.165) is 22.1 Å². The molecule has 2 aliphatic carbocycles. The summed E-state index contributed by atoms with van der Waals surface area (Å²) in [6.45, 7) is 5.55. The van der Waals surface area contributed by atoms with E-state index in [1.807, 2.05) is 12.1 Å². The van der Waals surface area contributed by atoms with Gasteiger partial charge in [-0.05, 0) is 77.5 Å². The molecule has 2 fully saturated rings. The summed E-state index contributed by atoms with van der Waals surface area (Å²) < 4.78 is 36.0. The van der Waals surface area contributed by atoms with Crippen LogP contribution < -0.4 is 9.46 Å². The van der Waals surface area contributed by atoms with Crippen LogP contribution in [0.4, 0.5) is 0 Å². The molecule has 1 N–H and O–H groups in total. The zero-order valence-corrected chi connectivity index (χ0v) is 23.7. The van der Waals surface area contributed by atoms with Gasteiger partial charge in [0.1, 0.15) is 5.75 Å². The summed E-state index contributed by atoms with van der Waals surface area (Å²) in [5, 5.41) is 1.18. The van der Waals surface area contributed by atoms with Crippen LogP contribution in [-0.2, 0) is 16.8 Å². The van der Waals surface area contributed by atoms with E-state index in [4.69, 9.17) is 4.74 Å². The van der Waals surface area contributed by atoms with Crippen molar-refractivity contribution in [1.82, 2.24) is 13.6 Å². The van der Waals surface area contributed by atoms with Gasteiger partial charge in [0.25, 0.3) is 5.91 Å². The molecule has 2 heterocycles. The molecule has 1 aliphatic heterocycles. The fraction of sp³-hybridized carbons (Fsp3) is 0.500. The Labute approximate surface area is 225 Å². The molecule has 3 aliphatic rings. The molecule has 3 aromatic rings. The normalized spacial score (nSPS) is 22.4. The second-order valence-electron chi connectivity index (χ2n) is 12.0. The van der Waals surface area contributed by atoms with E-state index in [-0.39, 0.29) is 5.41 Å². The third-order valence-corrected chi connectivity index (χ3v) is 10.8. The fourth-order valence-corrected chi connectivity index (χ4v) is 7.64. The number of nitrogens with zero attached hydrogens (tertiary/aromatic N) is 2. The van der Waals surface area contributed by atoms with Crippen molar-refractivity contribution in [2.45, 2.75) is 64.3 Å². The Bertz CT molecular complexity index is 1550. The van der Waals surface area contributed by atoms with Crippen molar-refractivity contribution in [1.29, 1.82) is 0 Å². The molecule has 6 rings (SSSR count). The van der Waals surface area contributed by atoms with Crippen LogP contribution in [-0.4, -0.2) is 44.4 Å². The summed E-state index contributed by atoms with van der Waals surface area (Å²) in [5.41, 5.74) is 6.80. The molecule has 38 heavy (non-hydrogen) atoms. The molecule has 0 unspecified atom stereocenters. The minimum absolute atomic E-state index is 0.162. The van der Waals surface area contributed by atoms with Crippen LogP contribution >= 0.6 is 0 Å². The van der Waals surface area contributed by atoms with Gasteiger partial charge in [-0.2, -0.15) is 12.7 Å². The van der Waals surface area contributed by atoms with Crippen LogP contribution in [0.5, 0.6) is 5.75 Å². The van der Waals surface area contributed by atoms with E-state index in [1.54, 1.807) is 13.2 Å². The maximum atomic E-state index is 13.1. The standard InChI is InChI=1S/C30H37N3O4S/c1-30(2)24-17-33-25-15-19(29(34)31-38(35,36)32(3)4)11-13-22(25)26(18-9-7-6-8-10-18)28(33)21-14-12-20(37-5)16-23(21)27(24)30/h11-16,18,24,27H,6-10,17H2,1-5H3,(H,31,34)/t24-,27+/m1/s1. The summed E-state index contributed by atoms with van der Waals surface area (Å²) in [6, 6.07) is 12.2. The lowest BCUT2D eigenvalue weighted by atomic mass is 9.81. The number of nitrogens with one attached hydrogen (secondary N) is 1. The first-order chi connectivity index (χ1) is 18.0. The van der Waals surface area contributed by atoms with E-state index >= 15 is 0 Å². The zero-order chi connectivity index (χ0) is 27.0. The van der Waals surface area contributed by atoms with Crippen molar-refractivity contribution >= 4 is 27.0 Å². The average molecular weight is 536 g/mol. The summed E-state index contributed by atoms with van der Waals surface area (Å²) in [7, 11) is 0.651. The van der Waals surface area contributed by atoms with Crippen molar-refractivity contribution in [3.63, 3.8) is 0 Å². The topological polar surface area (TPSA) is 80.6 Å². The fourth-order valence-electron chi connectivity index (χ4n) is 7.11. The minimum Gasteiger partial charge on any atom is -0.497 e. The van der Waals surface area contributed by atoms with Crippen molar-refractivity contribution in [3.8, 4) is 17.0 Å². The number of ether oxygens (including phenoxy) is 1. The SMILES string of the molecule is COc1ccc2c(c1)[C@H]1[C@@H](Cn3c-2c(C2CCCCC2)c2ccc(C(=O)NS(=O)(=O)N(C)C)cc23)C1(C)C. The number of aromatic nitrogens is 1. The average Bonchev–Trinajstić information content (AvgIpc) is 3.35. The van der Waals surface area contributed by atoms with Crippen LogP contribution in [0.25, 0.3) is 22.2 Å². The van der Waals surface area contributed by atoms with E-state index in [2.05, 4.69) is 41.3 Å². The van der Waals surface area contributed by atoms with Gasteiger partial charge in [0.15, 0.2) is 0 Å². The highest BCUT2D eigenvalue weighted by molar-refractivity contribution is 7.87. The molecule has 202 valence electrons. The van der Waals surface area contributed by atoms with Gasteiger partial charge in [-0.25, -0.2) is 4.72 Å². The van der Waals surface area contributed by atoms with Crippen molar-refractivity contribution in [2.75, 3.05) is 21.2 Å². The number of hydrogen-bond acceptors (Lipinski definition) is 4. The van der Waals surface area contributed by atoms with Gasteiger partial charge < -0.3 is 9.30 Å². The first kappa shape index (κ1) is 25.4. The van der Waals surface area contributed by atoms with Crippen LogP contribution in [0.2, 0.25) is 0 Å². The highest BCUT2D eigenvalue weighted by Crippen LogP contribution is 2.68. The number of fused-ring (bicyclic) bond motifs is 7. The highest BCUT2D eigenvalue weighted by Gasteiger charge is 2.60. The first-order valence-electron chi connectivity index (χ1n) is 13.6. The Balaban J connectivity index is 1.58. The number of carbonyl (C=O) groups excluding carboxylic acids is 1. The Hall–Kier alpha value is -2.84. The number of rotatable bonds is 5. The van der Waals surface area contributed by atoms with E-state index < -0.39 is 16.1 Å². The second-order valence-corrected chi connectivity index (χ2v) is 13.9. The van der Waals surface area contributed by atoms with Gasteiger partial charge in [0.2, 0.25) is 0 Å². The van der Waals surface area contributed by atoms with E-state index in [1.165, 1.54) is 74.0 Å². The van der Waals surface area contributed by atoms with Gasteiger partial charge in [-0.3, -0.25) is 4.79 Å². The van der Waals surface area contributed by atoms with Gasteiger partial charge in [-0.1, -0.05) is 39.2 Å². The molecule has 0 bridgehead atoms. The van der Waals surface area contributed by atoms with Crippen LogP contribution in [0.1, 0.15) is 79.3 Å². The third-order valence-electron chi connectivity index (χ3n) is 9.36.